The van der Waals surface area contributed by atoms with Crippen LogP contribution >= 0.6 is 0 Å². The van der Waals surface area contributed by atoms with Gasteiger partial charge >= 0.3 is 0 Å². The fraction of sp³-hybridized carbons (Fsp3) is 0.588. The minimum absolute atomic E-state index is 0.0417. The van der Waals surface area contributed by atoms with Crippen molar-refractivity contribution in [1.29, 1.82) is 0 Å². The van der Waals surface area contributed by atoms with Gasteiger partial charge in [0.05, 0.1) is 20.1 Å². The number of methoxy groups -OCH3 is 2. The topological polar surface area (TPSA) is 84.9 Å². The zero-order valence-corrected chi connectivity index (χ0v) is 15.3. The van der Waals surface area contributed by atoms with Crippen LogP contribution in [0.2, 0.25) is 0 Å². The molecule has 0 bridgehead atoms. The molecule has 1 aliphatic heterocycles. The van der Waals surface area contributed by atoms with Gasteiger partial charge in [-0.15, -0.1) is 0 Å². The Hall–Kier alpha value is -1.80. The van der Waals surface area contributed by atoms with Gasteiger partial charge in [0.15, 0.2) is 0 Å². The summed E-state index contributed by atoms with van der Waals surface area (Å²) in [5, 5.41) is 2.97. The van der Waals surface area contributed by atoms with Crippen molar-refractivity contribution in [1.82, 2.24) is 9.62 Å². The molecule has 2 fully saturated rings. The number of carbonyl (C=O) groups excluding carboxylic acids is 1. The summed E-state index contributed by atoms with van der Waals surface area (Å²) in [6.07, 6.45) is 3.40. The fourth-order valence-corrected chi connectivity index (χ4v) is 4.74. The van der Waals surface area contributed by atoms with E-state index in [1.54, 1.807) is 12.1 Å². The van der Waals surface area contributed by atoms with E-state index in [0.29, 0.717) is 25.1 Å². The van der Waals surface area contributed by atoms with Crippen LogP contribution in [0.15, 0.2) is 23.1 Å². The lowest BCUT2D eigenvalue weighted by molar-refractivity contribution is -0.126. The predicted molar refractivity (Wildman–Crippen MR) is 92.2 cm³/mol. The molecule has 8 heteroatoms. The maximum atomic E-state index is 13.1. The summed E-state index contributed by atoms with van der Waals surface area (Å²) in [5.41, 5.74) is 0. The highest BCUT2D eigenvalue weighted by molar-refractivity contribution is 7.89. The highest BCUT2D eigenvalue weighted by Gasteiger charge is 2.36. The molecule has 1 aromatic carbocycles. The average Bonchev–Trinajstić information content (AvgIpc) is 3.45. The number of carbonyl (C=O) groups is 1. The predicted octanol–water partition coefficient (Wildman–Crippen LogP) is 1.38. The van der Waals surface area contributed by atoms with Crippen molar-refractivity contribution in [2.75, 3.05) is 27.3 Å². The second-order valence-electron chi connectivity index (χ2n) is 6.50. The van der Waals surface area contributed by atoms with Gasteiger partial charge in [0.25, 0.3) is 0 Å². The Morgan fingerprint density at radius 3 is 2.60 bits per heavy atom. The largest absolute Gasteiger partial charge is 0.497 e. The number of hydrogen-bond donors (Lipinski definition) is 1. The molecule has 1 saturated heterocycles. The van der Waals surface area contributed by atoms with Gasteiger partial charge in [-0.3, -0.25) is 4.79 Å². The molecule has 0 radical (unpaired) electrons. The lowest BCUT2D eigenvalue weighted by Gasteiger charge is -2.31. The molecule has 1 N–H and O–H groups in total. The second kappa shape index (κ2) is 7.21. The van der Waals surface area contributed by atoms with Gasteiger partial charge in [-0.1, -0.05) is 0 Å². The summed E-state index contributed by atoms with van der Waals surface area (Å²) in [6.45, 7) is 0.594. The molecule has 3 rings (SSSR count). The maximum Gasteiger partial charge on any atom is 0.246 e. The van der Waals surface area contributed by atoms with Crippen LogP contribution in [0.4, 0.5) is 0 Å². The number of ether oxygens (including phenoxy) is 2. The van der Waals surface area contributed by atoms with Crippen LogP contribution in [0.3, 0.4) is 0 Å². The lowest BCUT2D eigenvalue weighted by atomic mass is 9.99. The standard InChI is InChI=1S/C17H24N2O5S/c1-23-14-7-8-15(24-2)16(10-14)25(21,22)19-9-3-4-12(11-19)17(20)18-13-5-6-13/h7-8,10,12-13H,3-6,9,11H2,1-2H3,(H,18,20)/t12-/m1/s1. The van der Waals surface area contributed by atoms with Gasteiger partial charge in [0, 0.05) is 25.2 Å². The van der Waals surface area contributed by atoms with E-state index in [4.69, 9.17) is 9.47 Å². The van der Waals surface area contributed by atoms with Crippen molar-refractivity contribution < 1.29 is 22.7 Å². The molecule has 1 aromatic rings. The molecule has 138 valence electrons. The third kappa shape index (κ3) is 3.90. The summed E-state index contributed by atoms with van der Waals surface area (Å²) in [7, 11) is -0.851. The van der Waals surface area contributed by atoms with E-state index in [2.05, 4.69) is 5.32 Å². The molecule has 7 nitrogen and oxygen atoms in total. The summed E-state index contributed by atoms with van der Waals surface area (Å²) in [6, 6.07) is 4.97. The van der Waals surface area contributed by atoms with Crippen LogP contribution < -0.4 is 14.8 Å². The lowest BCUT2D eigenvalue weighted by Crippen LogP contribution is -2.45. The first-order valence-corrected chi connectivity index (χ1v) is 9.92. The van der Waals surface area contributed by atoms with Crippen LogP contribution in [0.25, 0.3) is 0 Å². The van der Waals surface area contributed by atoms with Crippen LogP contribution in [-0.4, -0.2) is 52.0 Å². The number of nitrogens with zero attached hydrogens (tertiary/aromatic N) is 1. The first kappa shape index (κ1) is 18.0. The van der Waals surface area contributed by atoms with Crippen molar-refractivity contribution in [3.05, 3.63) is 18.2 Å². The SMILES string of the molecule is COc1ccc(OC)c(S(=O)(=O)N2CCC[C@@H](C(=O)NC3CC3)C2)c1. The van der Waals surface area contributed by atoms with Gasteiger partial charge < -0.3 is 14.8 Å². The Labute approximate surface area is 148 Å². The molecular weight excluding hydrogens is 344 g/mol. The Kier molecular flexibility index (Phi) is 5.19. The van der Waals surface area contributed by atoms with E-state index in [9.17, 15) is 13.2 Å². The normalized spacial score (nSPS) is 21.6. The summed E-state index contributed by atoms with van der Waals surface area (Å²) in [5.74, 6) is 0.366. The highest BCUT2D eigenvalue weighted by Crippen LogP contribution is 2.33. The summed E-state index contributed by atoms with van der Waals surface area (Å²) in [4.78, 5) is 12.4. The van der Waals surface area contributed by atoms with Crippen LogP contribution in [-0.2, 0) is 14.8 Å². The second-order valence-corrected chi connectivity index (χ2v) is 8.41. The Morgan fingerprint density at radius 2 is 1.96 bits per heavy atom. The molecule has 2 aliphatic rings. The van der Waals surface area contributed by atoms with Gasteiger partial charge in [-0.2, -0.15) is 4.31 Å². The number of rotatable bonds is 6. The zero-order chi connectivity index (χ0) is 18.0. The van der Waals surface area contributed by atoms with Crippen molar-refractivity contribution >= 4 is 15.9 Å². The molecule has 0 aromatic heterocycles. The quantitative estimate of drug-likeness (QED) is 0.820. The molecular formula is C17H24N2O5S. The molecule has 0 unspecified atom stereocenters. The van der Waals surface area contributed by atoms with Crippen molar-refractivity contribution in [3.63, 3.8) is 0 Å². The minimum Gasteiger partial charge on any atom is -0.497 e. The Morgan fingerprint density at radius 1 is 1.20 bits per heavy atom. The Balaban J connectivity index is 1.82. The molecule has 1 amide bonds. The van der Waals surface area contributed by atoms with Crippen LogP contribution in [0, 0.1) is 5.92 Å². The number of hydrogen-bond acceptors (Lipinski definition) is 5. The molecule has 1 atom stereocenters. The third-order valence-corrected chi connectivity index (χ3v) is 6.55. The van der Waals surface area contributed by atoms with Crippen molar-refractivity contribution in [2.45, 2.75) is 36.6 Å². The van der Waals surface area contributed by atoms with Crippen LogP contribution in [0.1, 0.15) is 25.7 Å². The average molecular weight is 368 g/mol. The summed E-state index contributed by atoms with van der Waals surface area (Å²) >= 11 is 0. The molecule has 0 spiro atoms. The maximum absolute atomic E-state index is 13.1. The monoisotopic (exact) mass is 368 g/mol. The van der Waals surface area contributed by atoms with E-state index in [1.165, 1.54) is 24.6 Å². The van der Waals surface area contributed by atoms with Crippen molar-refractivity contribution in [3.8, 4) is 11.5 Å². The smallest absolute Gasteiger partial charge is 0.246 e. The highest BCUT2D eigenvalue weighted by atomic mass is 32.2. The first-order chi connectivity index (χ1) is 12.0. The molecule has 1 aliphatic carbocycles. The zero-order valence-electron chi connectivity index (χ0n) is 14.5. The summed E-state index contributed by atoms with van der Waals surface area (Å²) < 4.78 is 37.9. The number of sulfonamides is 1. The van der Waals surface area contributed by atoms with Gasteiger partial charge in [-0.25, -0.2) is 8.42 Å². The van der Waals surface area contributed by atoms with E-state index in [0.717, 1.165) is 12.8 Å². The number of piperidine rings is 1. The number of benzene rings is 1. The minimum atomic E-state index is -3.77. The Bertz CT molecular complexity index is 745. The first-order valence-electron chi connectivity index (χ1n) is 8.48. The fourth-order valence-electron chi connectivity index (χ4n) is 3.05. The molecule has 1 heterocycles. The molecule has 1 saturated carbocycles. The molecule has 25 heavy (non-hydrogen) atoms. The number of amides is 1. The number of nitrogens with one attached hydrogen (secondary N) is 1. The van der Waals surface area contributed by atoms with E-state index in [1.807, 2.05) is 0 Å². The van der Waals surface area contributed by atoms with Crippen molar-refractivity contribution in [2.24, 2.45) is 5.92 Å². The van der Waals surface area contributed by atoms with E-state index < -0.39 is 10.0 Å². The van der Waals surface area contributed by atoms with E-state index in [-0.39, 0.29) is 35.1 Å². The van der Waals surface area contributed by atoms with Gasteiger partial charge in [-0.05, 0) is 37.8 Å². The third-order valence-electron chi connectivity index (χ3n) is 4.67. The van der Waals surface area contributed by atoms with Gasteiger partial charge in [0.2, 0.25) is 15.9 Å². The van der Waals surface area contributed by atoms with Gasteiger partial charge in [0.1, 0.15) is 16.4 Å². The van der Waals surface area contributed by atoms with Crippen LogP contribution in [0.5, 0.6) is 11.5 Å². The van der Waals surface area contributed by atoms with E-state index >= 15 is 0 Å².